The summed E-state index contributed by atoms with van der Waals surface area (Å²) in [5.74, 6) is -0.876. The summed E-state index contributed by atoms with van der Waals surface area (Å²) in [6, 6.07) is 0. The van der Waals surface area contributed by atoms with Crippen LogP contribution in [0.1, 0.15) is 265 Å². The second-order valence-corrected chi connectivity index (χ2v) is 16.7. The minimum atomic E-state index is -0.771. The van der Waals surface area contributed by atoms with Crippen LogP contribution in [0.4, 0.5) is 0 Å². The molecule has 1 atom stereocenters. The lowest BCUT2D eigenvalue weighted by molar-refractivity contribution is -0.167. The van der Waals surface area contributed by atoms with E-state index in [1.54, 1.807) is 0 Å². The van der Waals surface area contributed by atoms with Gasteiger partial charge in [0.15, 0.2) is 6.10 Å². The van der Waals surface area contributed by atoms with Gasteiger partial charge in [0.25, 0.3) is 0 Å². The van der Waals surface area contributed by atoms with Gasteiger partial charge < -0.3 is 14.2 Å². The van der Waals surface area contributed by atoms with Crippen molar-refractivity contribution in [3.05, 3.63) is 24.3 Å². The summed E-state index contributed by atoms with van der Waals surface area (Å²) in [5.41, 5.74) is 0. The van der Waals surface area contributed by atoms with Gasteiger partial charge in [-0.1, -0.05) is 218 Å². The van der Waals surface area contributed by atoms with Crippen LogP contribution in [0, 0.1) is 0 Å². The van der Waals surface area contributed by atoms with E-state index in [4.69, 9.17) is 14.2 Å². The van der Waals surface area contributed by atoms with E-state index in [0.717, 1.165) is 77.0 Å². The quantitative estimate of drug-likeness (QED) is 0.0264. The van der Waals surface area contributed by atoms with Crippen LogP contribution in [-0.4, -0.2) is 37.2 Å². The first-order valence-electron chi connectivity index (χ1n) is 24.8. The molecule has 0 bridgehead atoms. The molecule has 57 heavy (non-hydrogen) atoms. The first kappa shape index (κ1) is 54.9. The Balaban J connectivity index is 4.36. The highest BCUT2D eigenvalue weighted by Gasteiger charge is 2.19. The maximum absolute atomic E-state index is 12.8. The molecule has 0 spiro atoms. The topological polar surface area (TPSA) is 78.9 Å². The third-order valence-electron chi connectivity index (χ3n) is 11.0. The van der Waals surface area contributed by atoms with Gasteiger partial charge in [-0.25, -0.2) is 0 Å². The highest BCUT2D eigenvalue weighted by atomic mass is 16.6. The molecule has 0 heterocycles. The number of unbranched alkanes of at least 4 members (excludes halogenated alkanes) is 30. The Morgan fingerprint density at radius 3 is 1.00 bits per heavy atom. The number of ether oxygens (including phenoxy) is 3. The molecule has 6 nitrogen and oxygen atoms in total. The maximum Gasteiger partial charge on any atom is 0.306 e. The van der Waals surface area contributed by atoms with E-state index in [1.165, 1.54) is 148 Å². The molecule has 0 amide bonds. The summed E-state index contributed by atoms with van der Waals surface area (Å²) in [6.45, 7) is 6.61. The van der Waals surface area contributed by atoms with Crippen LogP contribution < -0.4 is 0 Å². The summed E-state index contributed by atoms with van der Waals surface area (Å²) in [5, 5.41) is 0. The lowest BCUT2D eigenvalue weighted by Crippen LogP contribution is -2.30. The maximum atomic E-state index is 12.8. The van der Waals surface area contributed by atoms with Gasteiger partial charge >= 0.3 is 17.9 Å². The largest absolute Gasteiger partial charge is 0.462 e. The molecule has 0 aliphatic rings. The molecule has 0 aliphatic heterocycles. The fourth-order valence-corrected chi connectivity index (χ4v) is 7.18. The second kappa shape index (κ2) is 46.6. The molecular formula is C51H94O6. The van der Waals surface area contributed by atoms with Crippen LogP contribution in [0.25, 0.3) is 0 Å². The summed E-state index contributed by atoms with van der Waals surface area (Å²) >= 11 is 0. The number of hydrogen-bond acceptors (Lipinski definition) is 6. The normalized spacial score (nSPS) is 12.1. The summed E-state index contributed by atoms with van der Waals surface area (Å²) < 4.78 is 16.8. The fourth-order valence-electron chi connectivity index (χ4n) is 7.18. The fraction of sp³-hybridized carbons (Fsp3) is 0.863. The summed E-state index contributed by atoms with van der Waals surface area (Å²) in [4.78, 5) is 37.8. The molecular weight excluding hydrogens is 709 g/mol. The molecule has 0 N–H and O–H groups in total. The van der Waals surface area contributed by atoms with Gasteiger partial charge in [0.2, 0.25) is 0 Å². The van der Waals surface area contributed by atoms with E-state index < -0.39 is 6.10 Å². The monoisotopic (exact) mass is 803 g/mol. The molecule has 0 aromatic heterocycles. The zero-order chi connectivity index (χ0) is 41.5. The third kappa shape index (κ3) is 44.8. The van der Waals surface area contributed by atoms with Crippen molar-refractivity contribution in [3.8, 4) is 0 Å². The molecule has 0 aromatic rings. The molecule has 0 fully saturated rings. The number of carbonyl (C=O) groups is 3. The highest BCUT2D eigenvalue weighted by molar-refractivity contribution is 5.71. The lowest BCUT2D eigenvalue weighted by atomic mass is 10.0. The molecule has 0 saturated carbocycles. The Kier molecular flexibility index (Phi) is 44.9. The van der Waals surface area contributed by atoms with E-state index in [2.05, 4.69) is 45.1 Å². The Bertz CT molecular complexity index is 927. The van der Waals surface area contributed by atoms with Gasteiger partial charge in [0, 0.05) is 19.3 Å². The number of rotatable bonds is 45. The molecule has 0 saturated heterocycles. The highest BCUT2D eigenvalue weighted by Crippen LogP contribution is 2.15. The average Bonchev–Trinajstić information content (AvgIpc) is 3.21. The van der Waals surface area contributed by atoms with Crippen LogP contribution in [0.3, 0.4) is 0 Å². The molecule has 6 heteroatoms. The zero-order valence-electron chi connectivity index (χ0n) is 38.1. The Hall–Kier alpha value is -2.11. The second-order valence-electron chi connectivity index (χ2n) is 16.7. The van der Waals surface area contributed by atoms with Crippen molar-refractivity contribution in [2.75, 3.05) is 13.2 Å². The van der Waals surface area contributed by atoms with E-state index in [1.807, 2.05) is 0 Å². The molecule has 334 valence electrons. The van der Waals surface area contributed by atoms with Gasteiger partial charge in [-0.2, -0.15) is 0 Å². The smallest absolute Gasteiger partial charge is 0.306 e. The zero-order valence-corrected chi connectivity index (χ0v) is 38.1. The van der Waals surface area contributed by atoms with Crippen molar-refractivity contribution in [2.45, 2.75) is 271 Å². The van der Waals surface area contributed by atoms with Crippen molar-refractivity contribution in [1.29, 1.82) is 0 Å². The number of esters is 3. The van der Waals surface area contributed by atoms with E-state index in [0.29, 0.717) is 19.3 Å². The van der Waals surface area contributed by atoms with Crippen molar-refractivity contribution < 1.29 is 28.6 Å². The number of allylic oxidation sites excluding steroid dienone is 4. The predicted molar refractivity (Wildman–Crippen MR) is 243 cm³/mol. The van der Waals surface area contributed by atoms with Crippen molar-refractivity contribution in [3.63, 3.8) is 0 Å². The van der Waals surface area contributed by atoms with Crippen LogP contribution in [-0.2, 0) is 28.6 Å². The molecule has 0 aliphatic carbocycles. The Morgan fingerprint density at radius 1 is 0.351 bits per heavy atom. The van der Waals surface area contributed by atoms with Crippen LogP contribution in [0.5, 0.6) is 0 Å². The lowest BCUT2D eigenvalue weighted by Gasteiger charge is -2.18. The molecule has 0 radical (unpaired) electrons. The Morgan fingerprint density at radius 2 is 0.632 bits per heavy atom. The standard InChI is InChI=1S/C51H94O6/c1-4-7-10-13-16-19-22-24-25-27-30-33-36-39-42-45-51(54)57-48(46-55-49(52)43-40-37-34-31-28-21-18-15-12-9-6-3)47-56-50(53)44-41-38-35-32-29-26-23-20-17-14-11-8-5-2/h16,19,24-25,48H,4-15,17-18,20-23,26-47H2,1-3H3. The minimum Gasteiger partial charge on any atom is -0.462 e. The minimum absolute atomic E-state index is 0.0725. The van der Waals surface area contributed by atoms with Crippen LogP contribution >= 0.6 is 0 Å². The summed E-state index contributed by atoms with van der Waals surface area (Å²) in [7, 11) is 0. The van der Waals surface area contributed by atoms with Gasteiger partial charge in [0.1, 0.15) is 13.2 Å². The Labute approximate surface area is 353 Å². The average molecular weight is 803 g/mol. The molecule has 1 unspecified atom stereocenters. The summed E-state index contributed by atoms with van der Waals surface area (Å²) in [6.07, 6.45) is 51.5. The first-order valence-corrected chi connectivity index (χ1v) is 24.8. The van der Waals surface area contributed by atoms with E-state index in [9.17, 15) is 14.4 Å². The van der Waals surface area contributed by atoms with E-state index in [-0.39, 0.29) is 31.1 Å². The number of hydrogen-bond donors (Lipinski definition) is 0. The van der Waals surface area contributed by atoms with Crippen LogP contribution in [0.15, 0.2) is 24.3 Å². The van der Waals surface area contributed by atoms with Gasteiger partial charge in [-0.3, -0.25) is 14.4 Å². The van der Waals surface area contributed by atoms with Gasteiger partial charge in [-0.05, 0) is 51.4 Å². The molecule has 0 rings (SSSR count). The molecule has 0 aromatic carbocycles. The third-order valence-corrected chi connectivity index (χ3v) is 11.0. The predicted octanol–water partition coefficient (Wildman–Crippen LogP) is 16.0. The van der Waals surface area contributed by atoms with Crippen molar-refractivity contribution in [1.82, 2.24) is 0 Å². The van der Waals surface area contributed by atoms with Gasteiger partial charge in [0.05, 0.1) is 0 Å². The number of carbonyl (C=O) groups excluding carboxylic acids is 3. The van der Waals surface area contributed by atoms with Crippen LogP contribution in [0.2, 0.25) is 0 Å². The van der Waals surface area contributed by atoms with Crippen molar-refractivity contribution in [2.24, 2.45) is 0 Å². The SMILES string of the molecule is CCCCCC=CCC=CCCCCCCCC(=O)OC(COC(=O)CCCCCCCCCCCCC)COC(=O)CCCCCCCCCCCCCCC. The van der Waals surface area contributed by atoms with Crippen molar-refractivity contribution >= 4 is 17.9 Å². The first-order chi connectivity index (χ1) is 28.0. The van der Waals surface area contributed by atoms with E-state index >= 15 is 0 Å². The van der Waals surface area contributed by atoms with Gasteiger partial charge in [-0.15, -0.1) is 0 Å².